The summed E-state index contributed by atoms with van der Waals surface area (Å²) in [6, 6.07) is 3.91. The average Bonchev–Trinajstić information content (AvgIpc) is 2.99. The van der Waals surface area contributed by atoms with Gasteiger partial charge in [0.25, 0.3) is 0 Å². The van der Waals surface area contributed by atoms with Gasteiger partial charge in [-0.3, -0.25) is 4.98 Å². The highest BCUT2D eigenvalue weighted by Crippen LogP contribution is 2.23. The first-order valence-electron chi connectivity index (χ1n) is 9.14. The van der Waals surface area contributed by atoms with E-state index in [1.165, 1.54) is 25.7 Å². The van der Waals surface area contributed by atoms with E-state index in [-0.39, 0.29) is 0 Å². The molecular weight excluding hydrogens is 316 g/mol. The van der Waals surface area contributed by atoms with E-state index in [9.17, 15) is 0 Å². The van der Waals surface area contributed by atoms with Crippen molar-refractivity contribution in [2.75, 3.05) is 49.2 Å². The van der Waals surface area contributed by atoms with Crippen LogP contribution in [0.3, 0.4) is 0 Å². The van der Waals surface area contributed by atoms with Crippen molar-refractivity contribution in [3.05, 3.63) is 24.5 Å². The Bertz CT molecular complexity index is 681. The third-order valence-corrected chi connectivity index (χ3v) is 4.71. The third kappa shape index (κ3) is 3.87. The molecule has 4 rings (SSSR count). The van der Waals surface area contributed by atoms with E-state index in [1.54, 1.807) is 6.20 Å². The van der Waals surface area contributed by atoms with Crippen molar-refractivity contribution in [2.24, 2.45) is 0 Å². The number of pyridine rings is 1. The molecule has 0 bridgehead atoms. The number of hydrogen-bond acceptors (Lipinski definition) is 7. The SMILES string of the molecule is c1cncc(-c2nc(N3CCCCCC3)nc(N3CCOCC3)n2)c1. The maximum absolute atomic E-state index is 5.47. The fourth-order valence-corrected chi connectivity index (χ4v) is 3.29. The van der Waals surface area contributed by atoms with Crippen molar-refractivity contribution in [3.63, 3.8) is 0 Å². The molecule has 0 spiro atoms. The fourth-order valence-electron chi connectivity index (χ4n) is 3.29. The molecular formula is C18H24N6O. The predicted molar refractivity (Wildman–Crippen MR) is 96.8 cm³/mol. The molecule has 2 aliphatic rings. The average molecular weight is 340 g/mol. The van der Waals surface area contributed by atoms with Crippen LogP contribution in [0.2, 0.25) is 0 Å². The maximum atomic E-state index is 5.47. The van der Waals surface area contributed by atoms with Crippen LogP contribution in [0.15, 0.2) is 24.5 Å². The highest BCUT2D eigenvalue weighted by Gasteiger charge is 2.20. The minimum atomic E-state index is 0.698. The number of aromatic nitrogens is 4. The minimum Gasteiger partial charge on any atom is -0.378 e. The Morgan fingerprint density at radius 2 is 1.48 bits per heavy atom. The number of ether oxygens (including phenoxy) is 1. The van der Waals surface area contributed by atoms with Crippen LogP contribution < -0.4 is 9.80 Å². The van der Waals surface area contributed by atoms with Gasteiger partial charge in [-0.25, -0.2) is 0 Å². The Morgan fingerprint density at radius 3 is 2.12 bits per heavy atom. The summed E-state index contributed by atoms with van der Waals surface area (Å²) in [5.74, 6) is 2.23. The van der Waals surface area contributed by atoms with Gasteiger partial charge in [-0.05, 0) is 25.0 Å². The zero-order valence-electron chi connectivity index (χ0n) is 14.5. The lowest BCUT2D eigenvalue weighted by atomic mass is 10.2. The van der Waals surface area contributed by atoms with Crippen LogP contribution in [0.4, 0.5) is 11.9 Å². The first-order valence-corrected chi connectivity index (χ1v) is 9.14. The first kappa shape index (κ1) is 16.2. The molecule has 2 aromatic heterocycles. The molecule has 132 valence electrons. The number of hydrogen-bond donors (Lipinski definition) is 0. The Hall–Kier alpha value is -2.28. The van der Waals surface area contributed by atoms with Gasteiger partial charge in [0, 0.05) is 44.1 Å². The van der Waals surface area contributed by atoms with Crippen LogP contribution in [0.5, 0.6) is 0 Å². The Kier molecular flexibility index (Phi) is 5.01. The van der Waals surface area contributed by atoms with Gasteiger partial charge in [0.15, 0.2) is 5.82 Å². The van der Waals surface area contributed by atoms with Gasteiger partial charge in [0.2, 0.25) is 11.9 Å². The molecule has 2 fully saturated rings. The molecule has 0 saturated carbocycles. The van der Waals surface area contributed by atoms with Crippen molar-refractivity contribution in [1.82, 2.24) is 19.9 Å². The number of rotatable bonds is 3. The summed E-state index contributed by atoms with van der Waals surface area (Å²) >= 11 is 0. The summed E-state index contributed by atoms with van der Waals surface area (Å²) in [5, 5.41) is 0. The minimum absolute atomic E-state index is 0.698. The molecule has 0 unspecified atom stereocenters. The molecule has 7 heteroatoms. The second-order valence-electron chi connectivity index (χ2n) is 6.50. The van der Waals surface area contributed by atoms with E-state index in [1.807, 2.05) is 18.3 Å². The largest absolute Gasteiger partial charge is 0.378 e. The van der Waals surface area contributed by atoms with E-state index in [0.717, 1.165) is 43.6 Å². The van der Waals surface area contributed by atoms with Crippen molar-refractivity contribution in [2.45, 2.75) is 25.7 Å². The topological polar surface area (TPSA) is 67.3 Å². The summed E-state index contributed by atoms with van der Waals surface area (Å²) in [4.78, 5) is 23.0. The van der Waals surface area contributed by atoms with Crippen LogP contribution in [-0.2, 0) is 4.74 Å². The highest BCUT2D eigenvalue weighted by molar-refractivity contribution is 5.57. The molecule has 2 aromatic rings. The lowest BCUT2D eigenvalue weighted by Gasteiger charge is -2.28. The van der Waals surface area contributed by atoms with E-state index in [2.05, 4.69) is 14.8 Å². The molecule has 7 nitrogen and oxygen atoms in total. The summed E-state index contributed by atoms with van der Waals surface area (Å²) in [7, 11) is 0. The predicted octanol–water partition coefficient (Wildman–Crippen LogP) is 2.15. The van der Waals surface area contributed by atoms with Gasteiger partial charge in [-0.2, -0.15) is 15.0 Å². The molecule has 0 aromatic carbocycles. The fraction of sp³-hybridized carbons (Fsp3) is 0.556. The molecule has 0 radical (unpaired) electrons. The number of nitrogens with zero attached hydrogens (tertiary/aromatic N) is 6. The van der Waals surface area contributed by atoms with Crippen LogP contribution in [0, 0.1) is 0 Å². The lowest BCUT2D eigenvalue weighted by Crippen LogP contribution is -2.38. The van der Waals surface area contributed by atoms with Crippen LogP contribution in [-0.4, -0.2) is 59.3 Å². The van der Waals surface area contributed by atoms with Crippen molar-refractivity contribution in [1.29, 1.82) is 0 Å². The molecule has 0 amide bonds. The van der Waals surface area contributed by atoms with Gasteiger partial charge in [-0.1, -0.05) is 12.8 Å². The molecule has 2 aliphatic heterocycles. The monoisotopic (exact) mass is 340 g/mol. The zero-order chi connectivity index (χ0) is 16.9. The van der Waals surface area contributed by atoms with Gasteiger partial charge < -0.3 is 14.5 Å². The van der Waals surface area contributed by atoms with Gasteiger partial charge in [-0.15, -0.1) is 0 Å². The Labute approximate surface area is 148 Å². The van der Waals surface area contributed by atoms with Crippen molar-refractivity contribution < 1.29 is 4.74 Å². The van der Waals surface area contributed by atoms with Gasteiger partial charge in [0.1, 0.15) is 0 Å². The molecule has 2 saturated heterocycles. The van der Waals surface area contributed by atoms with E-state index in [4.69, 9.17) is 19.7 Å². The Balaban J connectivity index is 1.71. The van der Waals surface area contributed by atoms with Crippen molar-refractivity contribution >= 4 is 11.9 Å². The molecule has 0 N–H and O–H groups in total. The smallest absolute Gasteiger partial charge is 0.230 e. The Morgan fingerprint density at radius 1 is 0.800 bits per heavy atom. The molecule has 0 aliphatic carbocycles. The standard InChI is InChI=1S/C18H24N6O/c1-2-4-9-23(8-3-1)17-20-16(15-6-5-7-19-14-15)21-18(22-17)24-10-12-25-13-11-24/h5-7,14H,1-4,8-13H2. The molecule has 25 heavy (non-hydrogen) atoms. The van der Waals surface area contributed by atoms with E-state index in [0.29, 0.717) is 19.0 Å². The third-order valence-electron chi connectivity index (χ3n) is 4.71. The first-order chi connectivity index (χ1) is 12.4. The summed E-state index contributed by atoms with van der Waals surface area (Å²) < 4.78 is 5.47. The quantitative estimate of drug-likeness (QED) is 0.848. The van der Waals surface area contributed by atoms with Crippen LogP contribution in [0.1, 0.15) is 25.7 Å². The summed E-state index contributed by atoms with van der Waals surface area (Å²) in [6.07, 6.45) is 8.54. The van der Waals surface area contributed by atoms with Crippen molar-refractivity contribution in [3.8, 4) is 11.4 Å². The summed E-state index contributed by atoms with van der Waals surface area (Å²) in [6.45, 7) is 5.09. The lowest BCUT2D eigenvalue weighted by molar-refractivity contribution is 0.122. The zero-order valence-corrected chi connectivity index (χ0v) is 14.5. The number of anilines is 2. The number of morpholine rings is 1. The van der Waals surface area contributed by atoms with Crippen LogP contribution in [0.25, 0.3) is 11.4 Å². The molecule has 4 heterocycles. The second-order valence-corrected chi connectivity index (χ2v) is 6.50. The second kappa shape index (κ2) is 7.74. The highest BCUT2D eigenvalue weighted by atomic mass is 16.5. The normalized spacial score (nSPS) is 18.9. The van der Waals surface area contributed by atoms with Crippen LogP contribution >= 0.6 is 0 Å². The van der Waals surface area contributed by atoms with Gasteiger partial charge >= 0.3 is 0 Å². The maximum Gasteiger partial charge on any atom is 0.230 e. The molecule has 0 atom stereocenters. The van der Waals surface area contributed by atoms with E-state index < -0.39 is 0 Å². The summed E-state index contributed by atoms with van der Waals surface area (Å²) in [5.41, 5.74) is 0.926. The van der Waals surface area contributed by atoms with E-state index >= 15 is 0 Å². The van der Waals surface area contributed by atoms with Gasteiger partial charge in [0.05, 0.1) is 13.2 Å².